The van der Waals surface area contributed by atoms with Crippen molar-refractivity contribution in [2.75, 3.05) is 0 Å². The van der Waals surface area contributed by atoms with E-state index in [9.17, 15) is 0 Å². The number of nitrogens with zero attached hydrogens (tertiary/aromatic N) is 7. The number of para-hydroxylation sites is 3. The topological polar surface area (TPSA) is 82.3 Å². The van der Waals surface area contributed by atoms with Gasteiger partial charge >= 0.3 is 0 Å². The molecule has 0 fully saturated rings. The van der Waals surface area contributed by atoms with Gasteiger partial charge in [-0.3, -0.25) is 0 Å². The van der Waals surface area contributed by atoms with Gasteiger partial charge in [0, 0.05) is 49.8 Å². The van der Waals surface area contributed by atoms with Gasteiger partial charge < -0.3 is 4.57 Å². The molecule has 7 heteroatoms. The van der Waals surface area contributed by atoms with E-state index < -0.39 is 0 Å². The first kappa shape index (κ1) is 32.0. The molecule has 7 aromatic carbocycles. The van der Waals surface area contributed by atoms with Gasteiger partial charge in [-0.2, -0.15) is 0 Å². The van der Waals surface area contributed by atoms with Gasteiger partial charge in [0.25, 0.3) is 0 Å². The summed E-state index contributed by atoms with van der Waals surface area (Å²) in [5, 5.41) is 2.28. The normalized spacial score (nSPS) is 11.3. The van der Waals surface area contributed by atoms with E-state index in [1.54, 1.807) is 0 Å². The first-order chi connectivity index (χ1) is 27.3. The summed E-state index contributed by atoms with van der Waals surface area (Å²) in [6, 6.07) is 63.4. The zero-order chi connectivity index (χ0) is 36.6. The van der Waals surface area contributed by atoms with E-state index in [-0.39, 0.29) is 0 Å². The van der Waals surface area contributed by atoms with Crippen molar-refractivity contribution in [3.63, 3.8) is 0 Å². The summed E-state index contributed by atoms with van der Waals surface area (Å²) >= 11 is 0. The van der Waals surface area contributed by atoms with E-state index in [1.807, 2.05) is 121 Å². The van der Waals surface area contributed by atoms with E-state index in [4.69, 9.17) is 29.9 Å². The van der Waals surface area contributed by atoms with E-state index >= 15 is 0 Å². The molecule has 0 unspecified atom stereocenters. The third-order valence-electron chi connectivity index (χ3n) is 9.73. The minimum atomic E-state index is 0.516. The molecule has 0 radical (unpaired) electrons. The average molecular weight is 706 g/mol. The maximum Gasteiger partial charge on any atom is 0.166 e. The van der Waals surface area contributed by atoms with Crippen LogP contribution in [0.2, 0.25) is 0 Å². The second-order valence-corrected chi connectivity index (χ2v) is 13.1. The van der Waals surface area contributed by atoms with Gasteiger partial charge in [-0.15, -0.1) is 0 Å². The summed E-state index contributed by atoms with van der Waals surface area (Å²) in [5.74, 6) is 3.34. The Kier molecular flexibility index (Phi) is 8.00. The highest BCUT2D eigenvalue weighted by atomic mass is 15.1. The van der Waals surface area contributed by atoms with Gasteiger partial charge in [0.15, 0.2) is 34.9 Å². The monoisotopic (exact) mass is 705 g/mol. The van der Waals surface area contributed by atoms with Crippen molar-refractivity contribution in [2.45, 2.75) is 0 Å². The number of benzene rings is 7. The van der Waals surface area contributed by atoms with Crippen LogP contribution in [0, 0.1) is 0 Å². The van der Waals surface area contributed by atoms with Gasteiger partial charge in [0.05, 0.1) is 11.0 Å². The van der Waals surface area contributed by atoms with Crippen LogP contribution in [0.25, 0.3) is 95.8 Å². The lowest BCUT2D eigenvalue weighted by Gasteiger charge is -2.14. The standard InChI is InChI=1S/C48H31N7/c1-5-18-32(19-6-1)43-49-44(33-20-7-2-8-21-33)51-46(50-43)38-27-13-14-28-39(38)47-52-45(34-22-9-3-10-23-34)53-48(54-47)40-30-17-29-37-36-26-15-16-31-41(36)55(42(37)40)35-24-11-4-12-25-35/h1-31H. The molecule has 0 aliphatic heterocycles. The van der Waals surface area contributed by atoms with Crippen LogP contribution in [0.4, 0.5) is 0 Å². The van der Waals surface area contributed by atoms with Crippen molar-refractivity contribution < 1.29 is 0 Å². The summed E-state index contributed by atoms with van der Waals surface area (Å²) in [7, 11) is 0. The maximum atomic E-state index is 5.30. The molecular formula is C48H31N7. The van der Waals surface area contributed by atoms with Crippen LogP contribution in [-0.2, 0) is 0 Å². The minimum Gasteiger partial charge on any atom is -0.309 e. The summed E-state index contributed by atoms with van der Waals surface area (Å²) in [4.78, 5) is 30.7. The molecule has 258 valence electrons. The molecule has 7 nitrogen and oxygen atoms in total. The summed E-state index contributed by atoms with van der Waals surface area (Å²) in [5.41, 5.74) is 8.34. The van der Waals surface area contributed by atoms with Crippen molar-refractivity contribution >= 4 is 21.8 Å². The van der Waals surface area contributed by atoms with E-state index in [0.29, 0.717) is 34.9 Å². The Morgan fingerprint density at radius 1 is 0.273 bits per heavy atom. The Morgan fingerprint density at radius 3 is 1.16 bits per heavy atom. The van der Waals surface area contributed by atoms with Gasteiger partial charge in [-0.1, -0.05) is 164 Å². The first-order valence-corrected chi connectivity index (χ1v) is 18.1. The zero-order valence-electron chi connectivity index (χ0n) is 29.5. The summed E-state index contributed by atoms with van der Waals surface area (Å²) in [6.07, 6.45) is 0. The predicted octanol–water partition coefficient (Wildman–Crippen LogP) is 11.2. The van der Waals surface area contributed by atoms with Crippen molar-refractivity contribution in [2.24, 2.45) is 0 Å². The summed E-state index contributed by atoms with van der Waals surface area (Å²) in [6.45, 7) is 0. The predicted molar refractivity (Wildman–Crippen MR) is 220 cm³/mol. The SMILES string of the molecule is c1ccc(-c2nc(-c3ccccc3)nc(-c3ccccc3-c3nc(-c4ccccc4)nc(-c4cccc5c6ccccc6n(-c6ccccc6)c45)n3)n2)cc1. The molecule has 0 saturated heterocycles. The second-order valence-electron chi connectivity index (χ2n) is 13.1. The smallest absolute Gasteiger partial charge is 0.166 e. The second kappa shape index (κ2) is 13.7. The van der Waals surface area contributed by atoms with Gasteiger partial charge in [0.1, 0.15) is 0 Å². The van der Waals surface area contributed by atoms with E-state index in [1.165, 1.54) is 0 Å². The minimum absolute atomic E-state index is 0.516. The largest absolute Gasteiger partial charge is 0.309 e. The van der Waals surface area contributed by atoms with Crippen LogP contribution in [0.5, 0.6) is 0 Å². The highest BCUT2D eigenvalue weighted by molar-refractivity contribution is 6.13. The number of rotatable bonds is 7. The van der Waals surface area contributed by atoms with E-state index in [2.05, 4.69) is 71.3 Å². The maximum absolute atomic E-state index is 5.30. The molecular weight excluding hydrogens is 675 g/mol. The van der Waals surface area contributed by atoms with Crippen molar-refractivity contribution in [1.82, 2.24) is 34.5 Å². The Balaban J connectivity index is 1.23. The third kappa shape index (κ3) is 5.90. The fourth-order valence-corrected chi connectivity index (χ4v) is 7.18. The Bertz CT molecular complexity index is 2910. The van der Waals surface area contributed by atoms with Gasteiger partial charge in [-0.25, -0.2) is 29.9 Å². The molecule has 0 saturated carbocycles. The molecule has 0 spiro atoms. The fraction of sp³-hybridized carbons (Fsp3) is 0. The molecule has 10 aromatic rings. The third-order valence-corrected chi connectivity index (χ3v) is 9.73. The summed E-state index contributed by atoms with van der Waals surface area (Å²) < 4.78 is 2.31. The first-order valence-electron chi connectivity index (χ1n) is 18.1. The Hall–Kier alpha value is -7.64. The number of hydrogen-bond donors (Lipinski definition) is 0. The number of hydrogen-bond acceptors (Lipinski definition) is 6. The molecule has 10 rings (SSSR count). The molecule has 0 N–H and O–H groups in total. The lowest BCUT2D eigenvalue weighted by molar-refractivity contribution is 1.06. The van der Waals surface area contributed by atoms with Crippen LogP contribution >= 0.6 is 0 Å². The molecule has 0 bridgehead atoms. The van der Waals surface area contributed by atoms with Crippen LogP contribution < -0.4 is 0 Å². The van der Waals surface area contributed by atoms with Crippen LogP contribution in [0.15, 0.2) is 188 Å². The van der Waals surface area contributed by atoms with Crippen molar-refractivity contribution in [3.8, 4) is 74.0 Å². The molecule has 0 atom stereocenters. The molecule has 3 heterocycles. The molecule has 0 aliphatic carbocycles. The van der Waals surface area contributed by atoms with Crippen LogP contribution in [-0.4, -0.2) is 34.5 Å². The Labute approximate surface area is 317 Å². The average Bonchev–Trinajstić information content (AvgIpc) is 3.62. The lowest BCUT2D eigenvalue weighted by atomic mass is 10.0. The quantitative estimate of drug-likeness (QED) is 0.164. The van der Waals surface area contributed by atoms with Crippen molar-refractivity contribution in [1.29, 1.82) is 0 Å². The Morgan fingerprint density at radius 2 is 0.636 bits per heavy atom. The molecule has 0 amide bonds. The van der Waals surface area contributed by atoms with Gasteiger partial charge in [0.2, 0.25) is 0 Å². The number of aromatic nitrogens is 7. The van der Waals surface area contributed by atoms with E-state index in [0.717, 1.165) is 60.9 Å². The van der Waals surface area contributed by atoms with Crippen LogP contribution in [0.3, 0.4) is 0 Å². The van der Waals surface area contributed by atoms with Crippen LogP contribution in [0.1, 0.15) is 0 Å². The number of fused-ring (bicyclic) bond motifs is 3. The van der Waals surface area contributed by atoms with Gasteiger partial charge in [-0.05, 0) is 24.3 Å². The van der Waals surface area contributed by atoms with Crippen molar-refractivity contribution in [3.05, 3.63) is 188 Å². The zero-order valence-corrected chi connectivity index (χ0v) is 29.5. The fourth-order valence-electron chi connectivity index (χ4n) is 7.18. The lowest BCUT2D eigenvalue weighted by Crippen LogP contribution is -2.04. The highest BCUT2D eigenvalue weighted by Crippen LogP contribution is 2.39. The highest BCUT2D eigenvalue weighted by Gasteiger charge is 2.22. The molecule has 0 aliphatic rings. The molecule has 55 heavy (non-hydrogen) atoms. The molecule has 3 aromatic heterocycles.